The van der Waals surface area contributed by atoms with Crippen LogP contribution in [-0.4, -0.2) is 22.5 Å². The summed E-state index contributed by atoms with van der Waals surface area (Å²) in [6, 6.07) is 12.6. The van der Waals surface area contributed by atoms with Crippen LogP contribution < -0.4 is 5.19 Å². The second-order valence-electron chi connectivity index (χ2n) is 4.81. The van der Waals surface area contributed by atoms with E-state index >= 15 is 0 Å². The van der Waals surface area contributed by atoms with E-state index in [1.165, 1.54) is 6.07 Å². The topological polar surface area (TPSA) is 18.5 Å². The molecule has 0 N–H and O–H groups in total. The zero-order valence-electron chi connectivity index (χ0n) is 13.0. The predicted molar refractivity (Wildman–Crippen MR) is 85.5 cm³/mol. The minimum atomic E-state index is -4.34. The van der Waals surface area contributed by atoms with Gasteiger partial charge >= 0.3 is 15.5 Å². The van der Waals surface area contributed by atoms with Crippen molar-refractivity contribution in [3.63, 3.8) is 0 Å². The minimum absolute atomic E-state index is 0.535. The van der Waals surface area contributed by atoms with Crippen molar-refractivity contribution in [1.29, 1.82) is 0 Å². The monoisotopic (exact) mass is 339 g/mol. The van der Waals surface area contributed by atoms with Gasteiger partial charge in [-0.05, 0) is 42.3 Å². The Morgan fingerprint density at radius 3 is 2.00 bits per heavy atom. The molecular weight excluding hydrogens is 321 g/mol. The summed E-state index contributed by atoms with van der Waals surface area (Å²) >= 11 is 0. The third-order valence-electron chi connectivity index (χ3n) is 3.19. The highest BCUT2D eigenvalue weighted by atomic mass is 28.3. The summed E-state index contributed by atoms with van der Waals surface area (Å²) in [6.07, 6.45) is -4.34. The van der Waals surface area contributed by atoms with Crippen molar-refractivity contribution in [2.75, 3.05) is 13.2 Å². The number of hydrogen-bond donors (Lipinski definition) is 0. The maximum Gasteiger partial charge on any atom is 0.423 e. The molecule has 0 saturated heterocycles. The van der Waals surface area contributed by atoms with E-state index in [0.29, 0.717) is 18.8 Å². The molecule has 2 aromatic rings. The van der Waals surface area contributed by atoms with E-state index in [-0.39, 0.29) is 0 Å². The number of rotatable bonds is 6. The molecule has 0 fully saturated rings. The molecule has 2 nitrogen and oxygen atoms in total. The summed E-state index contributed by atoms with van der Waals surface area (Å²) in [7, 11) is -1.53. The Bertz CT molecular complexity index is 620. The molecule has 0 saturated carbocycles. The number of halogens is 3. The second-order valence-corrected chi connectivity index (χ2v) is 6.54. The molecule has 0 aliphatic rings. The Hall–Kier alpha value is -1.63. The van der Waals surface area contributed by atoms with Crippen LogP contribution in [0.5, 0.6) is 0 Å². The van der Waals surface area contributed by atoms with Crippen LogP contribution in [0.3, 0.4) is 0 Å². The van der Waals surface area contributed by atoms with E-state index in [1.54, 1.807) is 18.2 Å². The van der Waals surface area contributed by atoms with E-state index in [0.717, 1.165) is 22.9 Å². The summed E-state index contributed by atoms with van der Waals surface area (Å²) < 4.78 is 49.6. The first-order valence-corrected chi connectivity index (χ1v) is 8.68. The molecule has 6 heteroatoms. The first-order chi connectivity index (χ1) is 11.0. The fourth-order valence-electron chi connectivity index (χ4n) is 2.14. The molecule has 0 heterocycles. The highest BCUT2D eigenvalue weighted by Gasteiger charge is 2.30. The summed E-state index contributed by atoms with van der Waals surface area (Å²) in [4.78, 5) is 0. The quantitative estimate of drug-likeness (QED) is 0.737. The van der Waals surface area contributed by atoms with Crippen LogP contribution in [0.1, 0.15) is 19.4 Å². The van der Waals surface area contributed by atoms with Crippen LogP contribution in [0.25, 0.3) is 11.1 Å². The molecule has 0 spiro atoms. The molecule has 0 aliphatic carbocycles. The fraction of sp³-hybridized carbons (Fsp3) is 0.294. The van der Waals surface area contributed by atoms with Crippen LogP contribution in [0.15, 0.2) is 48.5 Å². The van der Waals surface area contributed by atoms with Gasteiger partial charge in [0.05, 0.1) is 5.56 Å². The molecular formula is C17H18F3O2Si. The number of benzene rings is 2. The first kappa shape index (κ1) is 17.7. The van der Waals surface area contributed by atoms with Gasteiger partial charge in [0.2, 0.25) is 0 Å². The number of hydrogen-bond acceptors (Lipinski definition) is 2. The summed E-state index contributed by atoms with van der Waals surface area (Å²) in [5.74, 6) is 0. The van der Waals surface area contributed by atoms with Crippen molar-refractivity contribution in [3.05, 3.63) is 54.1 Å². The summed E-state index contributed by atoms with van der Waals surface area (Å²) in [5.41, 5.74) is 0.620. The molecule has 2 rings (SSSR count). The molecule has 0 atom stereocenters. The van der Waals surface area contributed by atoms with Crippen LogP contribution in [0, 0.1) is 0 Å². The van der Waals surface area contributed by atoms with Gasteiger partial charge in [-0.25, -0.2) is 0 Å². The van der Waals surface area contributed by atoms with Gasteiger partial charge in [0, 0.05) is 13.2 Å². The van der Waals surface area contributed by atoms with Crippen LogP contribution >= 0.6 is 0 Å². The van der Waals surface area contributed by atoms with Crippen molar-refractivity contribution in [2.24, 2.45) is 0 Å². The molecule has 0 unspecified atom stereocenters. The van der Waals surface area contributed by atoms with Crippen molar-refractivity contribution in [1.82, 2.24) is 0 Å². The highest BCUT2D eigenvalue weighted by Crippen LogP contribution is 2.31. The molecule has 23 heavy (non-hydrogen) atoms. The van der Waals surface area contributed by atoms with Crippen LogP contribution in [0.4, 0.5) is 13.2 Å². The molecule has 0 bridgehead atoms. The first-order valence-electron chi connectivity index (χ1n) is 7.36. The lowest BCUT2D eigenvalue weighted by Gasteiger charge is -2.14. The average Bonchev–Trinajstić information content (AvgIpc) is 2.54. The van der Waals surface area contributed by atoms with Crippen molar-refractivity contribution in [3.8, 4) is 11.1 Å². The lowest BCUT2D eigenvalue weighted by atomic mass is 10.0. The Labute approximate surface area is 135 Å². The normalized spacial score (nSPS) is 11.9. The van der Waals surface area contributed by atoms with Gasteiger partial charge in [0.25, 0.3) is 0 Å². The maximum absolute atomic E-state index is 12.8. The van der Waals surface area contributed by atoms with Crippen LogP contribution in [-0.2, 0) is 15.0 Å². The molecule has 2 aromatic carbocycles. The lowest BCUT2D eigenvalue weighted by Crippen LogP contribution is -2.36. The standard InChI is InChI=1S/C17H18F3O2Si/c1-3-21-23(22-4-2)16-10-8-13(9-11-16)14-6-5-7-15(12-14)17(18,19)20/h5-12H,3-4H2,1-2H3. The second kappa shape index (κ2) is 7.76. The summed E-state index contributed by atoms with van der Waals surface area (Å²) in [6.45, 7) is 4.93. The van der Waals surface area contributed by atoms with Gasteiger partial charge in [-0.1, -0.05) is 36.4 Å². The molecule has 0 aromatic heterocycles. The minimum Gasteiger partial charge on any atom is -0.390 e. The summed E-state index contributed by atoms with van der Waals surface area (Å²) in [5, 5.41) is 0.939. The molecule has 0 amide bonds. The third kappa shape index (κ3) is 4.67. The third-order valence-corrected chi connectivity index (χ3v) is 5.10. The number of alkyl halides is 3. The van der Waals surface area contributed by atoms with Gasteiger partial charge in [0.15, 0.2) is 0 Å². The van der Waals surface area contributed by atoms with Crippen molar-refractivity contribution in [2.45, 2.75) is 20.0 Å². The van der Waals surface area contributed by atoms with Gasteiger partial charge in [-0.15, -0.1) is 0 Å². The molecule has 0 aliphatic heterocycles. The van der Waals surface area contributed by atoms with E-state index in [4.69, 9.17) is 8.85 Å². The smallest absolute Gasteiger partial charge is 0.390 e. The van der Waals surface area contributed by atoms with E-state index in [1.807, 2.05) is 26.0 Å². The zero-order valence-corrected chi connectivity index (χ0v) is 14.0. The predicted octanol–water partition coefficient (Wildman–Crippen LogP) is 4.14. The Morgan fingerprint density at radius 1 is 0.870 bits per heavy atom. The van der Waals surface area contributed by atoms with Gasteiger partial charge in [0.1, 0.15) is 0 Å². The van der Waals surface area contributed by atoms with Gasteiger partial charge in [-0.2, -0.15) is 13.2 Å². The molecule has 1 radical (unpaired) electrons. The van der Waals surface area contributed by atoms with E-state index in [2.05, 4.69) is 0 Å². The van der Waals surface area contributed by atoms with Gasteiger partial charge < -0.3 is 8.85 Å². The Balaban J connectivity index is 2.25. The SMILES string of the molecule is CCO[Si](OCC)c1ccc(-c2cccc(C(F)(F)F)c2)cc1. The van der Waals surface area contributed by atoms with Crippen LogP contribution in [0.2, 0.25) is 0 Å². The van der Waals surface area contributed by atoms with E-state index in [9.17, 15) is 13.2 Å². The largest absolute Gasteiger partial charge is 0.423 e. The fourth-order valence-corrected chi connectivity index (χ4v) is 3.52. The maximum atomic E-state index is 12.8. The van der Waals surface area contributed by atoms with Crippen molar-refractivity contribution >= 4 is 14.5 Å². The van der Waals surface area contributed by atoms with Gasteiger partial charge in [-0.3, -0.25) is 0 Å². The molecule has 123 valence electrons. The van der Waals surface area contributed by atoms with Crippen molar-refractivity contribution < 1.29 is 22.0 Å². The highest BCUT2D eigenvalue weighted by molar-refractivity contribution is 6.61. The Kier molecular flexibility index (Phi) is 5.98. The Morgan fingerprint density at radius 2 is 1.48 bits per heavy atom. The zero-order chi connectivity index (χ0) is 16.9. The van der Waals surface area contributed by atoms with E-state index < -0.39 is 21.0 Å². The average molecular weight is 339 g/mol. The lowest BCUT2D eigenvalue weighted by molar-refractivity contribution is -0.137.